The molecule has 0 amide bonds. The van der Waals surface area contributed by atoms with E-state index in [1.54, 1.807) is 7.11 Å². The Kier molecular flexibility index (Phi) is 3.39. The molecule has 1 nitrogen and oxygen atoms in total. The predicted molar refractivity (Wildman–Crippen MR) is 111 cm³/mol. The average Bonchev–Trinajstić information content (AvgIpc) is 2.71. The summed E-state index contributed by atoms with van der Waals surface area (Å²) in [5.74, 6) is 0.885. The van der Waals surface area contributed by atoms with Gasteiger partial charge in [0.25, 0.3) is 0 Å². The van der Waals surface area contributed by atoms with Crippen molar-refractivity contribution in [3.8, 4) is 16.9 Å². The van der Waals surface area contributed by atoms with Crippen molar-refractivity contribution in [2.45, 2.75) is 0 Å². The molecule has 0 atom stereocenters. The molecule has 26 heavy (non-hydrogen) atoms. The number of methoxy groups -OCH3 is 1. The van der Waals surface area contributed by atoms with Crippen LogP contribution in [0.3, 0.4) is 0 Å². The van der Waals surface area contributed by atoms with Gasteiger partial charge in [0.15, 0.2) is 0 Å². The van der Waals surface area contributed by atoms with Gasteiger partial charge in [-0.25, -0.2) is 0 Å². The van der Waals surface area contributed by atoms with Gasteiger partial charge in [-0.3, -0.25) is 0 Å². The molecule has 0 aliphatic rings. The maximum atomic E-state index is 5.61. The lowest BCUT2D eigenvalue weighted by Crippen LogP contribution is -1.90. The number of benzene rings is 5. The third-order valence-corrected chi connectivity index (χ3v) is 5.11. The zero-order chi connectivity index (χ0) is 17.5. The Balaban J connectivity index is 2.02. The monoisotopic (exact) mass is 334 g/mol. The van der Waals surface area contributed by atoms with Crippen LogP contribution in [0.25, 0.3) is 43.4 Å². The van der Waals surface area contributed by atoms with E-state index in [2.05, 4.69) is 91.0 Å². The molecular weight excluding hydrogens is 316 g/mol. The molecule has 5 aromatic carbocycles. The van der Waals surface area contributed by atoms with Crippen molar-refractivity contribution >= 4 is 32.3 Å². The fourth-order valence-electron chi connectivity index (χ4n) is 3.91. The topological polar surface area (TPSA) is 9.23 Å². The van der Waals surface area contributed by atoms with Gasteiger partial charge in [0.2, 0.25) is 0 Å². The van der Waals surface area contributed by atoms with E-state index in [0.29, 0.717) is 0 Å². The lowest BCUT2D eigenvalue weighted by Gasteiger charge is -2.15. The Bertz CT molecular complexity index is 1210. The van der Waals surface area contributed by atoms with Crippen molar-refractivity contribution in [1.29, 1.82) is 0 Å². The van der Waals surface area contributed by atoms with Crippen LogP contribution in [-0.2, 0) is 0 Å². The first-order valence-corrected chi connectivity index (χ1v) is 8.83. The first-order chi connectivity index (χ1) is 12.8. The summed E-state index contributed by atoms with van der Waals surface area (Å²) in [4.78, 5) is 0. The molecule has 0 radical (unpaired) electrons. The Morgan fingerprint density at radius 3 is 1.62 bits per heavy atom. The molecule has 0 fully saturated rings. The standard InChI is InChI=1S/C25H18O/c1-26-20-15-19-10-2-5-11-21(19)24(16-20)25-22-12-6-3-8-17(22)14-18-9-4-7-13-23(18)25/h2-16H,1H3. The van der Waals surface area contributed by atoms with Crippen LogP contribution in [0, 0.1) is 0 Å². The normalized spacial score (nSPS) is 11.3. The molecule has 0 saturated heterocycles. The van der Waals surface area contributed by atoms with Crippen molar-refractivity contribution in [3.05, 3.63) is 91.0 Å². The minimum absolute atomic E-state index is 0.885. The molecule has 0 saturated carbocycles. The summed E-state index contributed by atoms with van der Waals surface area (Å²) >= 11 is 0. The highest BCUT2D eigenvalue weighted by Crippen LogP contribution is 2.41. The number of ether oxygens (including phenoxy) is 1. The van der Waals surface area contributed by atoms with Crippen molar-refractivity contribution in [2.75, 3.05) is 7.11 Å². The summed E-state index contributed by atoms with van der Waals surface area (Å²) in [6.07, 6.45) is 0. The molecule has 0 spiro atoms. The van der Waals surface area contributed by atoms with Gasteiger partial charge in [-0.15, -0.1) is 0 Å². The molecule has 5 aromatic rings. The van der Waals surface area contributed by atoms with Gasteiger partial charge in [-0.2, -0.15) is 0 Å². The molecule has 0 heterocycles. The lowest BCUT2D eigenvalue weighted by molar-refractivity contribution is 0.415. The zero-order valence-corrected chi connectivity index (χ0v) is 14.6. The Labute approximate surface area is 152 Å². The summed E-state index contributed by atoms with van der Waals surface area (Å²) in [7, 11) is 1.73. The number of hydrogen-bond acceptors (Lipinski definition) is 1. The summed E-state index contributed by atoms with van der Waals surface area (Å²) in [5.41, 5.74) is 2.49. The van der Waals surface area contributed by atoms with Crippen LogP contribution in [0.1, 0.15) is 0 Å². The van der Waals surface area contributed by atoms with E-state index in [4.69, 9.17) is 4.74 Å². The maximum absolute atomic E-state index is 5.61. The molecule has 124 valence electrons. The van der Waals surface area contributed by atoms with Crippen LogP contribution in [-0.4, -0.2) is 7.11 Å². The zero-order valence-electron chi connectivity index (χ0n) is 14.6. The van der Waals surface area contributed by atoms with E-state index in [-0.39, 0.29) is 0 Å². The highest BCUT2D eigenvalue weighted by atomic mass is 16.5. The molecule has 0 aromatic heterocycles. The molecule has 0 unspecified atom stereocenters. The molecule has 5 rings (SSSR count). The third-order valence-electron chi connectivity index (χ3n) is 5.11. The smallest absolute Gasteiger partial charge is 0.120 e. The van der Waals surface area contributed by atoms with Crippen molar-refractivity contribution in [3.63, 3.8) is 0 Å². The molecular formula is C25H18O. The van der Waals surface area contributed by atoms with E-state index >= 15 is 0 Å². The van der Waals surface area contributed by atoms with Gasteiger partial charge < -0.3 is 4.74 Å². The fraction of sp³-hybridized carbons (Fsp3) is 0.0400. The van der Waals surface area contributed by atoms with Crippen LogP contribution in [0.2, 0.25) is 0 Å². The van der Waals surface area contributed by atoms with Crippen LogP contribution in [0.5, 0.6) is 5.75 Å². The predicted octanol–water partition coefficient (Wildman–Crippen LogP) is 6.82. The minimum atomic E-state index is 0.885. The maximum Gasteiger partial charge on any atom is 0.120 e. The molecule has 0 N–H and O–H groups in total. The van der Waals surface area contributed by atoms with Gasteiger partial charge in [-0.1, -0.05) is 72.8 Å². The lowest BCUT2D eigenvalue weighted by atomic mass is 9.89. The van der Waals surface area contributed by atoms with Gasteiger partial charge in [0.1, 0.15) is 5.75 Å². The van der Waals surface area contributed by atoms with Crippen molar-refractivity contribution < 1.29 is 4.74 Å². The Morgan fingerprint density at radius 2 is 1.04 bits per heavy atom. The highest BCUT2D eigenvalue weighted by Gasteiger charge is 2.13. The van der Waals surface area contributed by atoms with Crippen molar-refractivity contribution in [2.24, 2.45) is 0 Å². The van der Waals surface area contributed by atoms with Gasteiger partial charge in [0, 0.05) is 0 Å². The SMILES string of the molecule is COc1cc(-c2c3ccccc3cc3ccccc23)c2ccccc2c1. The molecule has 0 bridgehead atoms. The van der Waals surface area contributed by atoms with Crippen LogP contribution in [0.15, 0.2) is 91.0 Å². The first-order valence-electron chi connectivity index (χ1n) is 8.83. The number of hydrogen-bond donors (Lipinski definition) is 0. The van der Waals surface area contributed by atoms with E-state index in [1.165, 1.54) is 43.4 Å². The van der Waals surface area contributed by atoms with Gasteiger partial charge in [0.05, 0.1) is 7.11 Å². The molecule has 0 aliphatic heterocycles. The summed E-state index contributed by atoms with van der Waals surface area (Å²) in [6, 6.07) is 32.3. The third kappa shape index (κ3) is 2.25. The second-order valence-electron chi connectivity index (χ2n) is 6.59. The van der Waals surface area contributed by atoms with Gasteiger partial charge >= 0.3 is 0 Å². The quantitative estimate of drug-likeness (QED) is 0.322. The van der Waals surface area contributed by atoms with Crippen LogP contribution < -0.4 is 4.74 Å². The van der Waals surface area contributed by atoms with Crippen LogP contribution >= 0.6 is 0 Å². The largest absolute Gasteiger partial charge is 0.497 e. The highest BCUT2D eigenvalue weighted by molar-refractivity contribution is 6.16. The van der Waals surface area contributed by atoms with Crippen molar-refractivity contribution in [1.82, 2.24) is 0 Å². The van der Waals surface area contributed by atoms with E-state index in [9.17, 15) is 0 Å². The second-order valence-corrected chi connectivity index (χ2v) is 6.59. The molecule has 1 heteroatoms. The summed E-state index contributed by atoms with van der Waals surface area (Å²) in [6.45, 7) is 0. The average molecular weight is 334 g/mol. The Hall–Kier alpha value is -3.32. The van der Waals surface area contributed by atoms with Gasteiger partial charge in [-0.05, 0) is 61.6 Å². The van der Waals surface area contributed by atoms with Crippen LogP contribution in [0.4, 0.5) is 0 Å². The molecule has 0 aliphatic carbocycles. The minimum Gasteiger partial charge on any atom is -0.497 e. The second kappa shape index (κ2) is 5.89. The number of rotatable bonds is 2. The summed E-state index contributed by atoms with van der Waals surface area (Å²) in [5, 5.41) is 7.49. The number of fused-ring (bicyclic) bond motifs is 3. The fourth-order valence-corrected chi connectivity index (χ4v) is 3.91. The van der Waals surface area contributed by atoms with E-state index in [0.717, 1.165) is 5.75 Å². The van der Waals surface area contributed by atoms with E-state index < -0.39 is 0 Å². The first kappa shape index (κ1) is 15.0. The Morgan fingerprint density at radius 1 is 0.538 bits per heavy atom. The van der Waals surface area contributed by atoms with E-state index in [1.807, 2.05) is 0 Å². The summed E-state index contributed by atoms with van der Waals surface area (Å²) < 4.78 is 5.61.